The number of piperidine rings is 3. The molecule has 8 nitrogen and oxygen atoms in total. The molecule has 2 aromatic rings. The Labute approximate surface area is 194 Å². The van der Waals surface area contributed by atoms with E-state index in [-0.39, 0.29) is 12.0 Å². The molecule has 0 aliphatic carbocycles. The number of likely N-dealkylation sites (tertiary alicyclic amines) is 1. The lowest BCUT2D eigenvalue weighted by molar-refractivity contribution is -0.153. The lowest BCUT2D eigenvalue weighted by atomic mass is 9.71. The quantitative estimate of drug-likeness (QED) is 0.714. The summed E-state index contributed by atoms with van der Waals surface area (Å²) in [6, 6.07) is 6.36. The molecule has 4 atom stereocenters. The van der Waals surface area contributed by atoms with Gasteiger partial charge in [-0.05, 0) is 56.1 Å². The number of hydrogen-bond donors (Lipinski definition) is 1. The summed E-state index contributed by atoms with van der Waals surface area (Å²) >= 11 is 0. The molecule has 0 spiro atoms. The van der Waals surface area contributed by atoms with Crippen LogP contribution in [0.5, 0.6) is 0 Å². The van der Waals surface area contributed by atoms with Crippen molar-refractivity contribution in [2.24, 2.45) is 11.8 Å². The third-order valence-electron chi connectivity index (χ3n) is 7.48. The van der Waals surface area contributed by atoms with Gasteiger partial charge in [-0.1, -0.05) is 19.4 Å². The van der Waals surface area contributed by atoms with Gasteiger partial charge in [-0.2, -0.15) is 0 Å². The zero-order chi connectivity index (χ0) is 23.5. The molecule has 5 rings (SSSR count). The molecule has 8 heteroatoms. The van der Waals surface area contributed by atoms with E-state index < -0.39 is 0 Å². The molecule has 1 amide bonds. The van der Waals surface area contributed by atoms with Crippen molar-refractivity contribution in [3.05, 3.63) is 46.0 Å². The Bertz CT molecular complexity index is 1070. The second kappa shape index (κ2) is 10.0. The van der Waals surface area contributed by atoms with E-state index in [2.05, 4.69) is 16.7 Å². The standard InChI is InChI=1S/C24H32N4O2.CH2O2/c1-3-6-20-17-11-18(21-8-4-9-22(29)28(20)21)14-26(13-17)15-19-12-23(30)27-10-5-7-16(2)24(27)25-19;2-1-3/h5,7,10,12,17-18,20-21H,3-4,6,8-9,11,13-15H2,1-2H3;1H,(H,2,3)/t17-,18+,20-,21-;/m0./s1. The number of amides is 1. The normalized spacial score (nSPS) is 27.0. The molecule has 1 N–H and O–H groups in total. The van der Waals surface area contributed by atoms with Gasteiger partial charge >= 0.3 is 0 Å². The third kappa shape index (κ3) is 4.67. The van der Waals surface area contributed by atoms with E-state index in [0.717, 1.165) is 62.1 Å². The van der Waals surface area contributed by atoms with Gasteiger partial charge in [0.05, 0.1) is 5.69 Å². The maximum atomic E-state index is 12.8. The summed E-state index contributed by atoms with van der Waals surface area (Å²) in [6.45, 7) is 6.68. The largest absolute Gasteiger partial charge is 0.483 e. The van der Waals surface area contributed by atoms with Crippen molar-refractivity contribution in [3.8, 4) is 0 Å². The number of carboxylic acid groups (broad SMARTS) is 1. The highest BCUT2D eigenvalue weighted by molar-refractivity contribution is 5.78. The number of pyridine rings is 1. The first-order chi connectivity index (χ1) is 16.0. The lowest BCUT2D eigenvalue weighted by Gasteiger charge is -2.56. The fourth-order valence-electron chi connectivity index (χ4n) is 6.29. The van der Waals surface area contributed by atoms with Gasteiger partial charge in [0, 0.05) is 50.4 Å². The van der Waals surface area contributed by atoms with Crippen molar-refractivity contribution in [2.75, 3.05) is 13.1 Å². The van der Waals surface area contributed by atoms with Crippen molar-refractivity contribution in [3.63, 3.8) is 0 Å². The SMILES string of the molecule is CCC[C@H]1[C@H]2C[C@H](CN(Cc3cc(=O)n4cccc(C)c4n3)C2)[C@@H]2CCCC(=O)N21.O=CO. The molecule has 0 radical (unpaired) electrons. The maximum Gasteiger partial charge on any atom is 0.290 e. The Hall–Kier alpha value is -2.74. The van der Waals surface area contributed by atoms with Crippen molar-refractivity contribution in [1.82, 2.24) is 19.2 Å². The molecule has 5 heterocycles. The number of hydrogen-bond acceptors (Lipinski definition) is 5. The van der Waals surface area contributed by atoms with Gasteiger partial charge in [-0.25, -0.2) is 4.98 Å². The minimum atomic E-state index is -0.250. The summed E-state index contributed by atoms with van der Waals surface area (Å²) in [5.41, 5.74) is 2.62. The highest BCUT2D eigenvalue weighted by Gasteiger charge is 2.48. The number of aromatic nitrogens is 2. The number of aryl methyl sites for hydroxylation is 1. The fraction of sp³-hybridized carbons (Fsp3) is 0.600. The van der Waals surface area contributed by atoms with Crippen LogP contribution in [0.15, 0.2) is 29.2 Å². The van der Waals surface area contributed by atoms with Crippen LogP contribution in [0.2, 0.25) is 0 Å². The number of nitrogens with zero attached hydrogens (tertiary/aromatic N) is 4. The summed E-state index contributed by atoms with van der Waals surface area (Å²) in [5, 5.41) is 6.89. The van der Waals surface area contributed by atoms with Crippen molar-refractivity contribution >= 4 is 18.0 Å². The number of carbonyl (C=O) groups is 2. The summed E-state index contributed by atoms with van der Waals surface area (Å²) in [7, 11) is 0. The van der Waals surface area contributed by atoms with Crippen LogP contribution in [0.4, 0.5) is 0 Å². The molecule has 3 aliphatic rings. The first-order valence-corrected chi connectivity index (χ1v) is 12.1. The van der Waals surface area contributed by atoms with Crippen LogP contribution in [0, 0.1) is 18.8 Å². The summed E-state index contributed by atoms with van der Waals surface area (Å²) < 4.78 is 1.63. The molecule has 0 unspecified atom stereocenters. The molecule has 178 valence electrons. The summed E-state index contributed by atoms with van der Waals surface area (Å²) in [4.78, 5) is 43.4. The minimum absolute atomic E-state index is 0.0104. The predicted octanol–water partition coefficient (Wildman–Crippen LogP) is 2.71. The zero-order valence-electron chi connectivity index (χ0n) is 19.5. The second-order valence-electron chi connectivity index (χ2n) is 9.64. The fourth-order valence-corrected chi connectivity index (χ4v) is 6.29. The van der Waals surface area contributed by atoms with E-state index in [0.29, 0.717) is 36.4 Å². The maximum absolute atomic E-state index is 12.8. The number of fused-ring (bicyclic) bond motifs is 5. The third-order valence-corrected chi connectivity index (χ3v) is 7.48. The minimum Gasteiger partial charge on any atom is -0.483 e. The van der Waals surface area contributed by atoms with E-state index in [4.69, 9.17) is 14.9 Å². The Morgan fingerprint density at radius 1 is 1.24 bits per heavy atom. The van der Waals surface area contributed by atoms with Crippen LogP contribution < -0.4 is 5.56 Å². The van der Waals surface area contributed by atoms with Gasteiger partial charge < -0.3 is 10.0 Å². The monoisotopic (exact) mass is 454 g/mol. The van der Waals surface area contributed by atoms with Gasteiger partial charge in [-0.15, -0.1) is 0 Å². The van der Waals surface area contributed by atoms with Crippen LogP contribution in [0.3, 0.4) is 0 Å². The van der Waals surface area contributed by atoms with Gasteiger partial charge in [0.1, 0.15) is 5.65 Å². The van der Waals surface area contributed by atoms with E-state index in [1.165, 1.54) is 6.42 Å². The van der Waals surface area contributed by atoms with Crippen LogP contribution in [-0.4, -0.2) is 61.8 Å². The molecule has 3 saturated heterocycles. The Morgan fingerprint density at radius 3 is 2.76 bits per heavy atom. The Kier molecular flexibility index (Phi) is 7.12. The molecule has 33 heavy (non-hydrogen) atoms. The topological polar surface area (TPSA) is 95.2 Å². The Morgan fingerprint density at radius 2 is 2.00 bits per heavy atom. The van der Waals surface area contributed by atoms with Gasteiger partial charge in [0.15, 0.2) is 0 Å². The average Bonchev–Trinajstić information content (AvgIpc) is 2.78. The molecule has 0 aromatic carbocycles. The summed E-state index contributed by atoms with van der Waals surface area (Å²) in [5.74, 6) is 1.46. The first kappa shape index (κ1) is 23.4. The van der Waals surface area contributed by atoms with Crippen LogP contribution in [-0.2, 0) is 16.1 Å². The second-order valence-corrected chi connectivity index (χ2v) is 9.64. The van der Waals surface area contributed by atoms with Crippen molar-refractivity contribution in [1.29, 1.82) is 0 Å². The van der Waals surface area contributed by atoms with Crippen molar-refractivity contribution in [2.45, 2.75) is 71.0 Å². The molecule has 0 saturated carbocycles. The van der Waals surface area contributed by atoms with E-state index in [9.17, 15) is 9.59 Å². The van der Waals surface area contributed by atoms with Crippen molar-refractivity contribution < 1.29 is 14.7 Å². The zero-order valence-corrected chi connectivity index (χ0v) is 19.5. The average molecular weight is 455 g/mol. The van der Waals surface area contributed by atoms with Crippen LogP contribution in [0.1, 0.15) is 56.7 Å². The lowest BCUT2D eigenvalue weighted by Crippen LogP contribution is -2.64. The summed E-state index contributed by atoms with van der Waals surface area (Å²) in [6.07, 6.45) is 8.14. The highest BCUT2D eigenvalue weighted by atomic mass is 16.3. The first-order valence-electron chi connectivity index (χ1n) is 12.1. The number of carbonyl (C=O) groups excluding carboxylic acids is 1. The molecule has 2 bridgehead atoms. The Balaban J connectivity index is 0.000000821. The van der Waals surface area contributed by atoms with Gasteiger partial charge in [0.25, 0.3) is 12.0 Å². The van der Waals surface area contributed by atoms with Gasteiger partial charge in [0.2, 0.25) is 5.91 Å². The van der Waals surface area contributed by atoms with Gasteiger partial charge in [-0.3, -0.25) is 23.7 Å². The van der Waals surface area contributed by atoms with Crippen LogP contribution >= 0.6 is 0 Å². The smallest absolute Gasteiger partial charge is 0.290 e. The molecule has 3 fully saturated rings. The molecular weight excluding hydrogens is 420 g/mol. The number of rotatable bonds is 4. The predicted molar refractivity (Wildman–Crippen MR) is 125 cm³/mol. The highest BCUT2D eigenvalue weighted by Crippen LogP contribution is 2.43. The van der Waals surface area contributed by atoms with E-state index in [1.54, 1.807) is 16.7 Å². The molecular formula is C25H34N4O4. The molecule has 2 aromatic heterocycles. The van der Waals surface area contributed by atoms with Crippen LogP contribution in [0.25, 0.3) is 5.65 Å². The molecule has 3 aliphatic heterocycles. The van der Waals surface area contributed by atoms with E-state index in [1.807, 2.05) is 19.1 Å². The van der Waals surface area contributed by atoms with E-state index >= 15 is 0 Å².